The average Bonchev–Trinajstić information content (AvgIpc) is 2.50. The molecule has 0 aromatic heterocycles. The van der Waals surface area contributed by atoms with Crippen LogP contribution in [0.5, 0.6) is 0 Å². The summed E-state index contributed by atoms with van der Waals surface area (Å²) in [6.07, 6.45) is 8.03. The molecule has 0 amide bonds. The Kier molecular flexibility index (Phi) is 5.16. The Morgan fingerprint density at radius 2 is 1.71 bits per heavy atom. The maximum absolute atomic E-state index is 4.15. The van der Waals surface area contributed by atoms with E-state index >= 15 is 0 Å². The fourth-order valence-electron chi connectivity index (χ4n) is 2.04. The van der Waals surface area contributed by atoms with Crippen molar-refractivity contribution in [3.63, 3.8) is 0 Å². The Labute approximate surface area is 127 Å². The number of para-hydroxylation sites is 1. The third kappa shape index (κ3) is 4.22. The number of anilines is 2. The highest BCUT2D eigenvalue weighted by Gasteiger charge is 2.03. The van der Waals surface area contributed by atoms with Crippen molar-refractivity contribution >= 4 is 16.9 Å². The van der Waals surface area contributed by atoms with Crippen LogP contribution in [0.25, 0.3) is 5.57 Å². The normalized spacial score (nSPS) is 11.1. The summed E-state index contributed by atoms with van der Waals surface area (Å²) in [5.74, 6) is 0. The van der Waals surface area contributed by atoms with Crippen molar-refractivity contribution < 1.29 is 0 Å². The average molecular weight is 275 g/mol. The van der Waals surface area contributed by atoms with Crippen molar-refractivity contribution in [1.82, 2.24) is 0 Å². The lowest BCUT2D eigenvalue weighted by atomic mass is 10.0. The van der Waals surface area contributed by atoms with Gasteiger partial charge in [0.05, 0.1) is 0 Å². The third-order valence-electron chi connectivity index (χ3n) is 3.20. The fourth-order valence-corrected chi connectivity index (χ4v) is 2.04. The topological polar surface area (TPSA) is 12.0 Å². The molecule has 0 atom stereocenters. The van der Waals surface area contributed by atoms with Crippen LogP contribution in [0.4, 0.5) is 11.4 Å². The lowest BCUT2D eigenvalue weighted by molar-refractivity contribution is 1.45. The third-order valence-corrected chi connectivity index (χ3v) is 3.20. The molecule has 0 unspecified atom stereocenters. The molecular weight excluding hydrogens is 254 g/mol. The number of benzene rings is 2. The Morgan fingerprint density at radius 3 is 2.43 bits per heavy atom. The summed E-state index contributed by atoms with van der Waals surface area (Å²) < 4.78 is 0. The first-order valence-electron chi connectivity index (χ1n) is 7.12. The monoisotopic (exact) mass is 275 g/mol. The predicted octanol–water partition coefficient (Wildman–Crippen LogP) is 5.88. The van der Waals surface area contributed by atoms with E-state index in [4.69, 9.17) is 0 Å². The maximum atomic E-state index is 4.15. The lowest BCUT2D eigenvalue weighted by Gasteiger charge is -2.12. The minimum Gasteiger partial charge on any atom is -0.355 e. The number of nitrogens with one attached hydrogen (secondary N) is 1. The molecule has 0 radical (unpaired) electrons. The van der Waals surface area contributed by atoms with Gasteiger partial charge in [0, 0.05) is 16.9 Å². The Morgan fingerprint density at radius 1 is 1.00 bits per heavy atom. The highest BCUT2D eigenvalue weighted by atomic mass is 14.9. The second-order valence-corrected chi connectivity index (χ2v) is 4.95. The molecule has 106 valence electrons. The van der Waals surface area contributed by atoms with Crippen LogP contribution >= 0.6 is 0 Å². The lowest BCUT2D eigenvalue weighted by Crippen LogP contribution is -1.94. The Balaban J connectivity index is 2.24. The number of allylic oxidation sites excluding steroid dienone is 5. The zero-order valence-electron chi connectivity index (χ0n) is 12.6. The molecule has 0 fully saturated rings. The summed E-state index contributed by atoms with van der Waals surface area (Å²) in [6, 6.07) is 16.6. The van der Waals surface area contributed by atoms with Gasteiger partial charge >= 0.3 is 0 Å². The van der Waals surface area contributed by atoms with Gasteiger partial charge in [-0.15, -0.1) is 0 Å². The van der Waals surface area contributed by atoms with Gasteiger partial charge < -0.3 is 5.32 Å². The molecule has 2 aromatic carbocycles. The first-order valence-corrected chi connectivity index (χ1v) is 7.12. The van der Waals surface area contributed by atoms with Crippen LogP contribution in [0, 0.1) is 6.92 Å². The molecule has 0 aliphatic rings. The molecule has 0 heterocycles. The first kappa shape index (κ1) is 14.9. The van der Waals surface area contributed by atoms with Crippen LogP contribution in [0.1, 0.15) is 18.1 Å². The van der Waals surface area contributed by atoms with Crippen LogP contribution in [-0.4, -0.2) is 0 Å². The van der Waals surface area contributed by atoms with Crippen molar-refractivity contribution in [2.45, 2.75) is 13.8 Å². The Hall–Kier alpha value is -2.54. The van der Waals surface area contributed by atoms with Gasteiger partial charge in [-0.25, -0.2) is 0 Å². The van der Waals surface area contributed by atoms with Crippen LogP contribution in [-0.2, 0) is 0 Å². The second-order valence-electron chi connectivity index (χ2n) is 4.95. The molecule has 0 spiro atoms. The molecule has 0 saturated carbocycles. The van der Waals surface area contributed by atoms with E-state index < -0.39 is 0 Å². The molecule has 0 saturated heterocycles. The Bertz CT molecular complexity index is 660. The first-order chi connectivity index (χ1) is 10.2. The summed E-state index contributed by atoms with van der Waals surface area (Å²) >= 11 is 0. The molecule has 0 aliphatic heterocycles. The van der Waals surface area contributed by atoms with E-state index in [2.05, 4.69) is 55.2 Å². The number of hydrogen-bond acceptors (Lipinski definition) is 1. The molecule has 2 aromatic rings. The van der Waals surface area contributed by atoms with Crippen LogP contribution in [0.3, 0.4) is 0 Å². The van der Waals surface area contributed by atoms with Gasteiger partial charge in [0.2, 0.25) is 0 Å². The molecule has 0 bridgehead atoms. The number of rotatable bonds is 5. The van der Waals surface area contributed by atoms with Crippen molar-refractivity contribution in [3.05, 3.63) is 90.5 Å². The van der Waals surface area contributed by atoms with Gasteiger partial charge in [0.1, 0.15) is 0 Å². The standard InChI is InChI=1S/C20H21N/c1-4-5-6-9-17(3)19-10-7-8-11-20(19)21-18-14-12-16(2)13-15-18/h4-15,21H,3H2,1-2H3/b5-4-,9-6-. The van der Waals surface area contributed by atoms with Gasteiger partial charge in [0.25, 0.3) is 0 Å². The molecule has 1 heteroatoms. The van der Waals surface area contributed by atoms with Crippen molar-refractivity contribution in [3.8, 4) is 0 Å². The van der Waals surface area contributed by atoms with Gasteiger partial charge in [0.15, 0.2) is 0 Å². The largest absolute Gasteiger partial charge is 0.355 e. The van der Waals surface area contributed by atoms with E-state index in [-0.39, 0.29) is 0 Å². The molecule has 21 heavy (non-hydrogen) atoms. The zero-order chi connectivity index (χ0) is 15.1. The van der Waals surface area contributed by atoms with E-state index in [0.717, 1.165) is 22.5 Å². The minimum absolute atomic E-state index is 0.989. The molecule has 2 rings (SSSR count). The van der Waals surface area contributed by atoms with Crippen molar-refractivity contribution in [2.75, 3.05) is 5.32 Å². The second kappa shape index (κ2) is 7.30. The molecule has 0 aliphatic carbocycles. The van der Waals surface area contributed by atoms with E-state index in [1.54, 1.807) is 0 Å². The zero-order valence-corrected chi connectivity index (χ0v) is 12.6. The number of aryl methyl sites for hydroxylation is 1. The number of hydrogen-bond donors (Lipinski definition) is 1. The van der Waals surface area contributed by atoms with Crippen molar-refractivity contribution in [1.29, 1.82) is 0 Å². The minimum atomic E-state index is 0.989. The van der Waals surface area contributed by atoms with E-state index in [9.17, 15) is 0 Å². The van der Waals surface area contributed by atoms with Gasteiger partial charge in [-0.2, -0.15) is 0 Å². The van der Waals surface area contributed by atoms with Gasteiger partial charge in [-0.3, -0.25) is 0 Å². The maximum Gasteiger partial charge on any atom is 0.0463 e. The van der Waals surface area contributed by atoms with Crippen LogP contribution in [0.15, 0.2) is 79.4 Å². The van der Waals surface area contributed by atoms with E-state index in [1.165, 1.54) is 5.56 Å². The SMILES string of the molecule is C=C(/C=C\C=C/C)c1ccccc1Nc1ccc(C)cc1. The summed E-state index contributed by atoms with van der Waals surface area (Å²) in [4.78, 5) is 0. The van der Waals surface area contributed by atoms with Crippen molar-refractivity contribution in [2.24, 2.45) is 0 Å². The quantitative estimate of drug-likeness (QED) is 0.671. The highest BCUT2D eigenvalue weighted by Crippen LogP contribution is 2.26. The summed E-state index contributed by atoms with van der Waals surface area (Å²) in [7, 11) is 0. The van der Waals surface area contributed by atoms with Crippen LogP contribution in [0.2, 0.25) is 0 Å². The van der Waals surface area contributed by atoms with E-state index in [0.29, 0.717) is 0 Å². The van der Waals surface area contributed by atoms with Gasteiger partial charge in [-0.05, 0) is 37.6 Å². The smallest absolute Gasteiger partial charge is 0.0463 e. The molecule has 1 nitrogen and oxygen atoms in total. The van der Waals surface area contributed by atoms with Gasteiger partial charge in [-0.1, -0.05) is 66.8 Å². The molecular formula is C20H21N. The summed E-state index contributed by atoms with van der Waals surface area (Å²) in [6.45, 7) is 8.24. The fraction of sp³-hybridized carbons (Fsp3) is 0.100. The van der Waals surface area contributed by atoms with Crippen LogP contribution < -0.4 is 5.32 Å². The van der Waals surface area contributed by atoms with E-state index in [1.807, 2.05) is 43.4 Å². The summed E-state index contributed by atoms with van der Waals surface area (Å²) in [5.41, 5.74) is 5.50. The highest BCUT2D eigenvalue weighted by molar-refractivity contribution is 5.82. The predicted molar refractivity (Wildman–Crippen MR) is 93.9 cm³/mol. The summed E-state index contributed by atoms with van der Waals surface area (Å²) in [5, 5.41) is 3.46. The molecule has 1 N–H and O–H groups in total.